The van der Waals surface area contributed by atoms with Crippen LogP contribution < -0.4 is 5.56 Å². The van der Waals surface area contributed by atoms with Gasteiger partial charge < -0.3 is 4.98 Å². The Morgan fingerprint density at radius 2 is 2.04 bits per heavy atom. The van der Waals surface area contributed by atoms with E-state index >= 15 is 0 Å². The van der Waals surface area contributed by atoms with Gasteiger partial charge in [-0.2, -0.15) is 0 Å². The smallest absolute Gasteiger partial charge is 0.254 e. The molecule has 1 N–H and O–H groups in total. The number of hydrogen-bond acceptors (Lipinski definition) is 4. The lowest BCUT2D eigenvalue weighted by Gasteiger charge is -2.28. The van der Waals surface area contributed by atoms with Gasteiger partial charge in [-0.1, -0.05) is 41.4 Å². The number of nitrogens with one attached hydrogen (secondary N) is 1. The van der Waals surface area contributed by atoms with Crippen molar-refractivity contribution in [1.82, 2.24) is 19.9 Å². The summed E-state index contributed by atoms with van der Waals surface area (Å²) in [5, 5.41) is 1.13. The number of aromatic nitrogens is 3. The van der Waals surface area contributed by atoms with E-state index in [1.165, 1.54) is 0 Å². The summed E-state index contributed by atoms with van der Waals surface area (Å²) >= 11 is 12.4. The maximum atomic E-state index is 12.4. The van der Waals surface area contributed by atoms with Crippen LogP contribution in [0.3, 0.4) is 0 Å². The molecular weight excluding hydrogens is 371 g/mol. The molecular formula is C19H16Cl2N4O. The summed E-state index contributed by atoms with van der Waals surface area (Å²) in [4.78, 5) is 26.4. The molecule has 0 fully saturated rings. The number of aromatic amines is 1. The van der Waals surface area contributed by atoms with Crippen LogP contribution in [0.2, 0.25) is 10.0 Å². The van der Waals surface area contributed by atoms with Crippen molar-refractivity contribution in [2.45, 2.75) is 19.5 Å². The van der Waals surface area contributed by atoms with Crippen molar-refractivity contribution in [2.24, 2.45) is 0 Å². The molecule has 4 rings (SSSR count). The lowest BCUT2D eigenvalue weighted by molar-refractivity contribution is 0.240. The van der Waals surface area contributed by atoms with Crippen LogP contribution in [0.4, 0.5) is 0 Å². The van der Waals surface area contributed by atoms with Gasteiger partial charge in [0.25, 0.3) is 5.56 Å². The molecule has 0 saturated carbocycles. The second kappa shape index (κ2) is 7.19. The second-order valence-electron chi connectivity index (χ2n) is 6.23. The van der Waals surface area contributed by atoms with Gasteiger partial charge in [0.05, 0.1) is 15.7 Å². The summed E-state index contributed by atoms with van der Waals surface area (Å²) in [7, 11) is 0. The van der Waals surface area contributed by atoms with E-state index < -0.39 is 0 Å². The highest BCUT2D eigenvalue weighted by atomic mass is 35.5. The molecule has 132 valence electrons. The molecule has 0 amide bonds. The third kappa shape index (κ3) is 3.38. The molecule has 26 heavy (non-hydrogen) atoms. The lowest BCUT2D eigenvalue weighted by Crippen LogP contribution is -2.35. The number of pyridine rings is 1. The van der Waals surface area contributed by atoms with Crippen molar-refractivity contribution in [2.75, 3.05) is 6.54 Å². The van der Waals surface area contributed by atoms with Crippen molar-refractivity contribution in [3.8, 4) is 11.5 Å². The van der Waals surface area contributed by atoms with E-state index in [1.807, 2.05) is 30.3 Å². The van der Waals surface area contributed by atoms with Crippen molar-refractivity contribution in [3.63, 3.8) is 0 Å². The largest absolute Gasteiger partial charge is 0.305 e. The minimum absolute atomic E-state index is 0.0870. The first kappa shape index (κ1) is 17.2. The first-order valence-corrected chi connectivity index (χ1v) is 9.06. The summed E-state index contributed by atoms with van der Waals surface area (Å²) in [5.74, 6) is 0.497. The number of halogens is 2. The maximum absolute atomic E-state index is 12.4. The normalized spacial score (nSPS) is 14.2. The van der Waals surface area contributed by atoms with E-state index in [2.05, 4.69) is 19.9 Å². The third-order valence-electron chi connectivity index (χ3n) is 4.49. The lowest BCUT2D eigenvalue weighted by atomic mass is 10.1. The van der Waals surface area contributed by atoms with Gasteiger partial charge in [-0.25, -0.2) is 4.98 Å². The Balaban J connectivity index is 1.63. The molecule has 0 unspecified atom stereocenters. The van der Waals surface area contributed by atoms with Crippen LogP contribution >= 0.6 is 23.2 Å². The van der Waals surface area contributed by atoms with E-state index in [0.717, 1.165) is 23.4 Å². The molecule has 1 aliphatic heterocycles. The fraction of sp³-hybridized carbons (Fsp3) is 0.211. The Hall–Kier alpha value is -2.21. The summed E-state index contributed by atoms with van der Waals surface area (Å²) in [6, 6.07) is 11.2. The van der Waals surface area contributed by atoms with E-state index in [1.54, 1.807) is 12.3 Å². The molecule has 1 aliphatic rings. The van der Waals surface area contributed by atoms with E-state index in [9.17, 15) is 4.79 Å². The topological polar surface area (TPSA) is 61.9 Å². The Morgan fingerprint density at radius 3 is 2.85 bits per heavy atom. The molecule has 0 radical (unpaired) electrons. The van der Waals surface area contributed by atoms with Crippen LogP contribution in [0.5, 0.6) is 0 Å². The highest BCUT2D eigenvalue weighted by molar-refractivity contribution is 6.42. The molecule has 0 saturated heterocycles. The third-order valence-corrected chi connectivity index (χ3v) is 5.34. The minimum Gasteiger partial charge on any atom is -0.305 e. The van der Waals surface area contributed by atoms with E-state index in [0.29, 0.717) is 41.1 Å². The average molecular weight is 387 g/mol. The first-order valence-electron chi connectivity index (χ1n) is 8.30. The SMILES string of the molecule is O=c1[nH]c(-c2ccccn2)nc2c1CCN(Cc1cccc(Cl)c1Cl)C2. The molecule has 0 spiro atoms. The molecule has 3 heterocycles. The number of H-pyrrole nitrogens is 1. The van der Waals surface area contributed by atoms with Crippen molar-refractivity contribution >= 4 is 23.2 Å². The zero-order valence-electron chi connectivity index (χ0n) is 13.9. The molecule has 2 aromatic heterocycles. The van der Waals surface area contributed by atoms with E-state index in [4.69, 9.17) is 23.2 Å². The van der Waals surface area contributed by atoms with Crippen molar-refractivity contribution in [3.05, 3.63) is 79.8 Å². The highest BCUT2D eigenvalue weighted by Gasteiger charge is 2.22. The van der Waals surface area contributed by atoms with Gasteiger partial charge in [-0.05, 0) is 30.2 Å². The zero-order valence-corrected chi connectivity index (χ0v) is 15.4. The van der Waals surface area contributed by atoms with Crippen molar-refractivity contribution in [1.29, 1.82) is 0 Å². The molecule has 0 aliphatic carbocycles. The van der Waals surface area contributed by atoms with Gasteiger partial charge in [0.15, 0.2) is 5.82 Å². The summed E-state index contributed by atoms with van der Waals surface area (Å²) in [6.07, 6.45) is 2.33. The minimum atomic E-state index is -0.0870. The van der Waals surface area contributed by atoms with Gasteiger partial charge in [0.1, 0.15) is 5.69 Å². The molecule has 3 aromatic rings. The summed E-state index contributed by atoms with van der Waals surface area (Å²) < 4.78 is 0. The highest BCUT2D eigenvalue weighted by Crippen LogP contribution is 2.28. The van der Waals surface area contributed by atoms with Crippen LogP contribution in [0.25, 0.3) is 11.5 Å². The molecule has 0 bridgehead atoms. The van der Waals surface area contributed by atoms with Crippen molar-refractivity contribution < 1.29 is 0 Å². The van der Waals surface area contributed by atoms with Crippen LogP contribution in [-0.4, -0.2) is 26.4 Å². The second-order valence-corrected chi connectivity index (χ2v) is 7.01. The molecule has 7 heteroatoms. The Labute approximate surface area is 160 Å². The van der Waals surface area contributed by atoms with Gasteiger partial charge in [-0.3, -0.25) is 14.7 Å². The predicted molar refractivity (Wildman–Crippen MR) is 102 cm³/mol. The standard InChI is InChI=1S/C19H16Cl2N4O/c20-14-5-3-4-12(17(14)21)10-25-9-7-13-16(11-25)23-18(24-19(13)26)15-6-1-2-8-22-15/h1-6,8H,7,9-11H2,(H,23,24,26). The van der Waals surface area contributed by atoms with Crippen LogP contribution in [0.1, 0.15) is 16.8 Å². The number of benzene rings is 1. The summed E-state index contributed by atoms with van der Waals surface area (Å²) in [5.41, 5.74) is 3.08. The quantitative estimate of drug-likeness (QED) is 0.745. The number of rotatable bonds is 3. The number of nitrogens with zero attached hydrogens (tertiary/aromatic N) is 3. The van der Waals surface area contributed by atoms with Gasteiger partial charge in [0, 0.05) is 31.4 Å². The molecule has 0 atom stereocenters. The molecule has 5 nitrogen and oxygen atoms in total. The Bertz CT molecular complexity index is 1000. The first-order chi connectivity index (χ1) is 12.6. The Morgan fingerprint density at radius 1 is 1.15 bits per heavy atom. The van der Waals surface area contributed by atoms with Crippen LogP contribution in [0.15, 0.2) is 47.4 Å². The average Bonchev–Trinajstić information content (AvgIpc) is 2.66. The van der Waals surface area contributed by atoms with Crippen LogP contribution in [-0.2, 0) is 19.5 Å². The van der Waals surface area contributed by atoms with E-state index in [-0.39, 0.29) is 5.56 Å². The summed E-state index contributed by atoms with van der Waals surface area (Å²) in [6.45, 7) is 2.01. The van der Waals surface area contributed by atoms with Gasteiger partial charge >= 0.3 is 0 Å². The number of hydrogen-bond donors (Lipinski definition) is 1. The number of fused-ring (bicyclic) bond motifs is 1. The van der Waals surface area contributed by atoms with Gasteiger partial charge in [0.2, 0.25) is 0 Å². The van der Waals surface area contributed by atoms with Gasteiger partial charge in [-0.15, -0.1) is 0 Å². The monoisotopic (exact) mass is 386 g/mol. The fourth-order valence-corrected chi connectivity index (χ4v) is 3.54. The predicted octanol–water partition coefficient (Wildman–Crippen LogP) is 3.70. The van der Waals surface area contributed by atoms with Crippen LogP contribution in [0, 0.1) is 0 Å². The fourth-order valence-electron chi connectivity index (χ4n) is 3.16. The maximum Gasteiger partial charge on any atom is 0.254 e. The molecule has 1 aromatic carbocycles. The zero-order chi connectivity index (χ0) is 18.1. The Kier molecular flexibility index (Phi) is 4.76.